The monoisotopic (exact) mass is 438 g/mol. The molecule has 0 radical (unpaired) electrons. The third-order valence-electron chi connectivity index (χ3n) is 5.26. The van der Waals surface area contributed by atoms with Crippen molar-refractivity contribution in [3.05, 3.63) is 74.8 Å². The van der Waals surface area contributed by atoms with Gasteiger partial charge >= 0.3 is 0 Å². The van der Waals surface area contributed by atoms with Gasteiger partial charge in [0.1, 0.15) is 11.8 Å². The number of fused-ring (bicyclic) bond motifs is 1. The number of carbonyl (C=O) groups excluding carboxylic acids is 2. The molecule has 5 rings (SSSR count). The highest BCUT2D eigenvalue weighted by Gasteiger charge is 2.45. The van der Waals surface area contributed by atoms with E-state index in [1.807, 2.05) is 6.07 Å². The lowest BCUT2D eigenvalue weighted by molar-refractivity contribution is -0.130. The zero-order valence-electron chi connectivity index (χ0n) is 16.7. The zero-order chi connectivity index (χ0) is 21.7. The van der Waals surface area contributed by atoms with Crippen molar-refractivity contribution < 1.29 is 28.6 Å². The Bertz CT molecular complexity index is 1230. The number of aliphatic hydroxyl groups excluding tert-OH is 1. The molecule has 8 nitrogen and oxygen atoms in total. The molecule has 0 saturated heterocycles. The van der Waals surface area contributed by atoms with Crippen LogP contribution >= 0.6 is 11.3 Å². The summed E-state index contributed by atoms with van der Waals surface area (Å²) in [4.78, 5) is 32.5. The van der Waals surface area contributed by atoms with Crippen molar-refractivity contribution in [2.24, 2.45) is 0 Å². The minimum absolute atomic E-state index is 0.00700. The molecule has 2 aliphatic rings. The van der Waals surface area contributed by atoms with Crippen LogP contribution in [0, 0.1) is 13.8 Å². The molecule has 0 bridgehead atoms. The van der Waals surface area contributed by atoms with Crippen molar-refractivity contribution in [1.29, 1.82) is 0 Å². The Hall–Kier alpha value is -3.59. The van der Waals surface area contributed by atoms with E-state index in [1.165, 1.54) is 22.5 Å². The van der Waals surface area contributed by atoms with Crippen LogP contribution in [0.4, 0.5) is 0 Å². The van der Waals surface area contributed by atoms with Crippen molar-refractivity contribution in [2.45, 2.75) is 26.4 Å². The van der Waals surface area contributed by atoms with Gasteiger partial charge in [0.05, 0.1) is 27.4 Å². The second-order valence-electron chi connectivity index (χ2n) is 7.28. The Kier molecular flexibility index (Phi) is 4.55. The molecule has 0 aliphatic carbocycles. The minimum atomic E-state index is -0.859. The van der Waals surface area contributed by atoms with Gasteiger partial charge in [-0.3, -0.25) is 9.59 Å². The molecule has 0 fully saturated rings. The van der Waals surface area contributed by atoms with Gasteiger partial charge in [0.2, 0.25) is 12.6 Å². The molecule has 1 amide bonds. The molecule has 4 heterocycles. The van der Waals surface area contributed by atoms with Crippen LogP contribution in [0.15, 0.2) is 52.3 Å². The van der Waals surface area contributed by atoms with E-state index >= 15 is 0 Å². The first-order chi connectivity index (χ1) is 14.9. The van der Waals surface area contributed by atoms with Gasteiger partial charge in [0, 0.05) is 6.54 Å². The van der Waals surface area contributed by atoms with Crippen molar-refractivity contribution in [1.82, 2.24) is 9.88 Å². The van der Waals surface area contributed by atoms with E-state index < -0.39 is 23.5 Å². The second kappa shape index (κ2) is 7.28. The number of furan rings is 1. The fraction of sp³-hybridized carbons (Fsp3) is 0.227. The number of ketones is 1. The average molecular weight is 438 g/mol. The Labute approximate surface area is 181 Å². The van der Waals surface area contributed by atoms with Crippen LogP contribution in [0.5, 0.6) is 11.5 Å². The number of hydrogen-bond donors (Lipinski definition) is 1. The van der Waals surface area contributed by atoms with Crippen molar-refractivity contribution >= 4 is 23.0 Å². The Morgan fingerprint density at radius 1 is 1.26 bits per heavy atom. The fourth-order valence-electron chi connectivity index (χ4n) is 3.89. The molecule has 9 heteroatoms. The van der Waals surface area contributed by atoms with Crippen LogP contribution in [0.25, 0.3) is 0 Å². The fourth-order valence-corrected chi connectivity index (χ4v) is 4.77. The molecule has 3 aromatic rings. The van der Waals surface area contributed by atoms with Gasteiger partial charge in [-0.15, -0.1) is 11.3 Å². The predicted molar refractivity (Wildman–Crippen MR) is 110 cm³/mol. The normalized spacial score (nSPS) is 17.7. The number of hydrogen-bond acceptors (Lipinski definition) is 8. The van der Waals surface area contributed by atoms with E-state index in [1.54, 1.807) is 38.1 Å². The first-order valence-corrected chi connectivity index (χ1v) is 10.4. The Balaban J connectivity index is 1.54. The van der Waals surface area contributed by atoms with E-state index in [-0.39, 0.29) is 18.9 Å². The molecule has 1 N–H and O–H groups in total. The predicted octanol–water partition coefficient (Wildman–Crippen LogP) is 3.86. The van der Waals surface area contributed by atoms with Crippen LogP contribution in [-0.2, 0) is 11.3 Å². The summed E-state index contributed by atoms with van der Waals surface area (Å²) < 4.78 is 16.3. The van der Waals surface area contributed by atoms with E-state index in [0.29, 0.717) is 27.8 Å². The van der Waals surface area contributed by atoms with E-state index in [0.717, 1.165) is 10.6 Å². The smallest absolute Gasteiger partial charge is 0.290 e. The molecular weight excluding hydrogens is 420 g/mol. The molecule has 31 heavy (non-hydrogen) atoms. The number of amides is 1. The number of aliphatic hydroxyl groups is 1. The number of benzene rings is 1. The van der Waals surface area contributed by atoms with Crippen LogP contribution in [0.1, 0.15) is 37.7 Å². The topological polar surface area (TPSA) is 102 Å². The number of rotatable bonds is 5. The Morgan fingerprint density at radius 3 is 2.77 bits per heavy atom. The van der Waals surface area contributed by atoms with E-state index in [4.69, 9.17) is 13.9 Å². The lowest BCUT2D eigenvalue weighted by Crippen LogP contribution is -2.30. The number of ether oxygens (including phenoxy) is 2. The summed E-state index contributed by atoms with van der Waals surface area (Å²) in [6, 6.07) is 7.86. The second-order valence-corrected chi connectivity index (χ2v) is 8.48. The van der Waals surface area contributed by atoms with Crippen LogP contribution in [-0.4, -0.2) is 33.5 Å². The average Bonchev–Trinajstić information content (AvgIpc) is 3.52. The molecule has 0 saturated carbocycles. The van der Waals surface area contributed by atoms with E-state index in [2.05, 4.69) is 4.98 Å². The summed E-state index contributed by atoms with van der Waals surface area (Å²) in [5.74, 6) is -0.0299. The number of carbonyl (C=O) groups is 2. The van der Waals surface area contributed by atoms with Crippen molar-refractivity contribution in [3.8, 4) is 11.5 Å². The summed E-state index contributed by atoms with van der Waals surface area (Å²) >= 11 is 1.23. The number of aromatic nitrogens is 1. The lowest BCUT2D eigenvalue weighted by Gasteiger charge is -2.25. The summed E-state index contributed by atoms with van der Waals surface area (Å²) in [6.07, 6.45) is 1.47. The van der Waals surface area contributed by atoms with Gasteiger partial charge in [-0.05, 0) is 43.7 Å². The standard InChI is InChI=1S/C22H18N2O6S/c1-11-21(31-12(2)23-11)19(25)17-18(15-4-3-7-28-15)24(22(27)20(17)26)9-13-5-6-14-16(8-13)30-10-29-14/h3-8,18,26H,9-10H2,1-2H3. The Morgan fingerprint density at radius 2 is 2.06 bits per heavy atom. The molecule has 2 aromatic heterocycles. The van der Waals surface area contributed by atoms with Crippen LogP contribution in [0.2, 0.25) is 0 Å². The zero-order valence-corrected chi connectivity index (χ0v) is 17.6. The molecule has 1 atom stereocenters. The largest absolute Gasteiger partial charge is 0.503 e. The maximum atomic E-state index is 13.4. The minimum Gasteiger partial charge on any atom is -0.503 e. The van der Waals surface area contributed by atoms with Crippen molar-refractivity contribution in [3.63, 3.8) is 0 Å². The summed E-state index contributed by atoms with van der Waals surface area (Å²) in [5.41, 5.74) is 1.32. The molecule has 1 aromatic carbocycles. The van der Waals surface area contributed by atoms with Gasteiger partial charge in [-0.2, -0.15) is 0 Å². The number of thiazole rings is 1. The molecule has 158 valence electrons. The van der Waals surface area contributed by atoms with Crippen molar-refractivity contribution in [2.75, 3.05) is 6.79 Å². The lowest BCUT2D eigenvalue weighted by atomic mass is 9.99. The maximum Gasteiger partial charge on any atom is 0.290 e. The first-order valence-electron chi connectivity index (χ1n) is 9.59. The third kappa shape index (κ3) is 3.17. The molecule has 1 unspecified atom stereocenters. The van der Waals surface area contributed by atoms with Gasteiger partial charge in [0.15, 0.2) is 17.3 Å². The quantitative estimate of drug-likeness (QED) is 0.604. The highest BCUT2D eigenvalue weighted by Crippen LogP contribution is 2.42. The van der Waals surface area contributed by atoms with Gasteiger partial charge in [-0.25, -0.2) is 4.98 Å². The number of aryl methyl sites for hydroxylation is 2. The maximum absolute atomic E-state index is 13.4. The molecular formula is C22H18N2O6S. The van der Waals surface area contributed by atoms with Gasteiger partial charge in [0.25, 0.3) is 5.91 Å². The SMILES string of the molecule is Cc1nc(C)c(C(=O)C2=C(O)C(=O)N(Cc3ccc4c(c3)OCO4)C2c2ccco2)s1. The number of nitrogens with zero attached hydrogens (tertiary/aromatic N) is 2. The van der Waals surface area contributed by atoms with Gasteiger partial charge < -0.3 is 23.9 Å². The highest BCUT2D eigenvalue weighted by molar-refractivity contribution is 7.14. The van der Waals surface area contributed by atoms with Crippen LogP contribution < -0.4 is 9.47 Å². The third-order valence-corrected chi connectivity index (χ3v) is 6.33. The highest BCUT2D eigenvalue weighted by atomic mass is 32.1. The van der Waals surface area contributed by atoms with Crippen LogP contribution in [0.3, 0.4) is 0 Å². The summed E-state index contributed by atoms with van der Waals surface area (Å²) in [6.45, 7) is 3.82. The molecule has 2 aliphatic heterocycles. The number of Topliss-reactive ketones (excluding diaryl/α,β-unsaturated/α-hetero) is 1. The first kappa shape index (κ1) is 19.4. The molecule has 0 spiro atoms. The van der Waals surface area contributed by atoms with Gasteiger partial charge in [-0.1, -0.05) is 6.07 Å². The summed E-state index contributed by atoms with van der Waals surface area (Å²) in [5, 5.41) is 11.5. The van der Waals surface area contributed by atoms with E-state index in [9.17, 15) is 14.7 Å². The summed E-state index contributed by atoms with van der Waals surface area (Å²) in [7, 11) is 0.